The maximum absolute atomic E-state index is 13.5. The molecule has 1 atom stereocenters. The molecular weight excluding hydrogens is 398 g/mol. The zero-order chi connectivity index (χ0) is 22.1. The van der Waals surface area contributed by atoms with Crippen LogP contribution < -0.4 is 16.0 Å². The third-order valence-electron chi connectivity index (χ3n) is 5.38. The van der Waals surface area contributed by atoms with Gasteiger partial charge in [-0.15, -0.1) is 0 Å². The molecule has 9 heteroatoms. The molecule has 0 amide bonds. The van der Waals surface area contributed by atoms with Crippen molar-refractivity contribution in [3.05, 3.63) is 81.6 Å². The van der Waals surface area contributed by atoms with Gasteiger partial charge in [-0.25, -0.2) is 4.98 Å². The average molecular weight is 419 g/mol. The summed E-state index contributed by atoms with van der Waals surface area (Å²) in [6.07, 6.45) is 5.98. The lowest BCUT2D eigenvalue weighted by Crippen LogP contribution is -2.33. The number of aryl methyl sites for hydroxylation is 2. The second kappa shape index (κ2) is 7.91. The first-order valence-electron chi connectivity index (χ1n) is 9.70. The third kappa shape index (κ3) is 3.59. The maximum atomic E-state index is 13.5. The van der Waals surface area contributed by atoms with Gasteiger partial charge in [0.2, 0.25) is 5.88 Å². The number of allylic oxidation sites excluding steroid dienone is 1. The van der Waals surface area contributed by atoms with Crippen molar-refractivity contribution in [1.29, 1.82) is 5.26 Å². The molecule has 0 bridgehead atoms. The Morgan fingerprint density at radius 3 is 2.74 bits per heavy atom. The number of hydrogen-bond donors (Lipinski definition) is 3. The van der Waals surface area contributed by atoms with Crippen molar-refractivity contribution < 1.29 is 14.9 Å². The second-order valence-electron chi connectivity index (χ2n) is 7.35. The van der Waals surface area contributed by atoms with Gasteiger partial charge in [0.1, 0.15) is 17.4 Å². The van der Waals surface area contributed by atoms with Crippen LogP contribution in [0.5, 0.6) is 17.2 Å². The maximum Gasteiger partial charge on any atom is 0.258 e. The molecule has 1 aromatic carbocycles. The zero-order valence-corrected chi connectivity index (χ0v) is 16.8. The largest absolute Gasteiger partial charge is 0.504 e. The molecule has 3 aromatic rings. The SMILES string of the molecule is Cc1cc2c(c(=O)n1CCCn1ccnc1)C(c1ccc(O)c(O)c1)C(C#N)=C(N)O2. The summed E-state index contributed by atoms with van der Waals surface area (Å²) in [7, 11) is 0. The van der Waals surface area contributed by atoms with Gasteiger partial charge in [-0.3, -0.25) is 4.79 Å². The fraction of sp³-hybridized carbons (Fsp3) is 0.227. The Morgan fingerprint density at radius 1 is 1.26 bits per heavy atom. The summed E-state index contributed by atoms with van der Waals surface area (Å²) in [5.74, 6) is -1.29. The molecule has 158 valence electrons. The van der Waals surface area contributed by atoms with Crippen LogP contribution in [0.2, 0.25) is 0 Å². The molecular formula is C22H21N5O4. The van der Waals surface area contributed by atoms with Crippen LogP contribution in [0.1, 0.15) is 29.2 Å². The topological polar surface area (TPSA) is 139 Å². The zero-order valence-electron chi connectivity index (χ0n) is 16.8. The lowest BCUT2D eigenvalue weighted by Gasteiger charge is -2.27. The number of ether oxygens (including phenoxy) is 1. The predicted octanol–water partition coefficient (Wildman–Crippen LogP) is 2.07. The molecule has 3 heterocycles. The number of imidazole rings is 1. The molecule has 1 aliphatic rings. The predicted molar refractivity (Wildman–Crippen MR) is 111 cm³/mol. The van der Waals surface area contributed by atoms with Crippen LogP contribution in [0.25, 0.3) is 0 Å². The Morgan fingerprint density at radius 2 is 2.06 bits per heavy atom. The summed E-state index contributed by atoms with van der Waals surface area (Å²) in [5.41, 5.74) is 7.18. The van der Waals surface area contributed by atoms with Crippen LogP contribution in [0, 0.1) is 18.3 Å². The van der Waals surface area contributed by atoms with E-state index >= 15 is 0 Å². The van der Waals surface area contributed by atoms with Crippen LogP contribution in [-0.4, -0.2) is 24.3 Å². The number of nitriles is 1. The minimum absolute atomic E-state index is 0.0727. The summed E-state index contributed by atoms with van der Waals surface area (Å²) in [6.45, 7) is 2.97. The number of aromatic nitrogens is 3. The van der Waals surface area contributed by atoms with Gasteiger partial charge in [-0.1, -0.05) is 6.07 Å². The molecule has 1 unspecified atom stereocenters. The highest BCUT2D eigenvalue weighted by molar-refractivity contribution is 5.57. The van der Waals surface area contributed by atoms with Gasteiger partial charge in [-0.2, -0.15) is 5.26 Å². The number of fused-ring (bicyclic) bond motifs is 1. The highest BCUT2D eigenvalue weighted by atomic mass is 16.5. The lowest BCUT2D eigenvalue weighted by molar-refractivity contribution is 0.386. The molecule has 4 rings (SSSR count). The van der Waals surface area contributed by atoms with Crippen LogP contribution in [0.3, 0.4) is 0 Å². The number of benzene rings is 1. The van der Waals surface area contributed by atoms with Gasteiger partial charge in [0.05, 0.1) is 17.8 Å². The first-order valence-corrected chi connectivity index (χ1v) is 9.70. The Balaban J connectivity index is 1.79. The minimum Gasteiger partial charge on any atom is -0.504 e. The molecule has 2 aromatic heterocycles. The quantitative estimate of drug-likeness (QED) is 0.538. The van der Waals surface area contributed by atoms with Crippen LogP contribution in [-0.2, 0) is 13.1 Å². The van der Waals surface area contributed by atoms with Crippen molar-refractivity contribution in [1.82, 2.24) is 14.1 Å². The number of aromatic hydroxyl groups is 2. The van der Waals surface area contributed by atoms with Crippen LogP contribution in [0.15, 0.2) is 59.2 Å². The summed E-state index contributed by atoms with van der Waals surface area (Å²) in [4.78, 5) is 17.5. The van der Waals surface area contributed by atoms with Crippen molar-refractivity contribution in [3.8, 4) is 23.3 Å². The van der Waals surface area contributed by atoms with Crippen LogP contribution in [0.4, 0.5) is 0 Å². The number of phenolic OH excluding ortho intramolecular Hbond substituents is 2. The van der Waals surface area contributed by atoms with Gasteiger partial charge in [0, 0.05) is 37.2 Å². The van der Waals surface area contributed by atoms with Crippen molar-refractivity contribution in [2.75, 3.05) is 0 Å². The summed E-state index contributed by atoms with van der Waals surface area (Å²) < 4.78 is 9.19. The van der Waals surface area contributed by atoms with E-state index in [4.69, 9.17) is 10.5 Å². The van der Waals surface area contributed by atoms with E-state index in [2.05, 4.69) is 4.98 Å². The van der Waals surface area contributed by atoms with Crippen molar-refractivity contribution in [3.63, 3.8) is 0 Å². The normalized spacial score (nSPS) is 15.3. The summed E-state index contributed by atoms with van der Waals surface area (Å²) in [5, 5.41) is 29.4. The first-order chi connectivity index (χ1) is 14.9. The van der Waals surface area contributed by atoms with E-state index in [9.17, 15) is 20.3 Å². The Kier molecular flexibility index (Phi) is 5.13. The van der Waals surface area contributed by atoms with E-state index in [0.29, 0.717) is 30.8 Å². The van der Waals surface area contributed by atoms with Crippen molar-refractivity contribution in [2.45, 2.75) is 32.4 Å². The molecule has 0 fully saturated rings. The van der Waals surface area contributed by atoms with Gasteiger partial charge >= 0.3 is 0 Å². The van der Waals surface area contributed by atoms with Crippen molar-refractivity contribution >= 4 is 0 Å². The molecule has 0 saturated carbocycles. The molecule has 0 aliphatic carbocycles. The summed E-state index contributed by atoms with van der Waals surface area (Å²) >= 11 is 0. The second-order valence-corrected chi connectivity index (χ2v) is 7.35. The summed E-state index contributed by atoms with van der Waals surface area (Å²) in [6, 6.07) is 7.93. The smallest absolute Gasteiger partial charge is 0.258 e. The first kappa shape index (κ1) is 20.1. The third-order valence-corrected chi connectivity index (χ3v) is 5.38. The Labute approximate surface area is 177 Å². The van der Waals surface area contributed by atoms with E-state index < -0.39 is 5.92 Å². The van der Waals surface area contributed by atoms with E-state index in [1.54, 1.807) is 29.2 Å². The lowest BCUT2D eigenvalue weighted by atomic mass is 9.84. The van der Waals surface area contributed by atoms with E-state index in [0.717, 1.165) is 0 Å². The van der Waals surface area contributed by atoms with Gasteiger partial charge in [-0.05, 0) is 31.0 Å². The van der Waals surface area contributed by atoms with Crippen molar-refractivity contribution in [2.24, 2.45) is 5.73 Å². The number of phenols is 2. The molecule has 4 N–H and O–H groups in total. The molecule has 0 spiro atoms. The Hall–Kier alpha value is -4.19. The standard InChI is InChI=1S/C22H21N5O4/c1-13-9-18-20(22(30)27(13)7-2-6-26-8-5-25-12-26)19(15(11-23)21(24)31-18)14-3-4-16(28)17(29)10-14/h3-5,8-10,12,19,28-29H,2,6-7,24H2,1H3. The fourth-order valence-corrected chi connectivity index (χ4v) is 3.85. The molecule has 9 nitrogen and oxygen atoms in total. The number of pyridine rings is 1. The van der Waals surface area contributed by atoms with Gasteiger partial charge in [0.15, 0.2) is 11.5 Å². The van der Waals surface area contributed by atoms with Crippen LogP contribution >= 0.6 is 0 Å². The fourth-order valence-electron chi connectivity index (χ4n) is 3.85. The van der Waals surface area contributed by atoms with Gasteiger partial charge < -0.3 is 29.8 Å². The van der Waals surface area contributed by atoms with Gasteiger partial charge in [0.25, 0.3) is 5.56 Å². The number of nitrogens with two attached hydrogens (primary N) is 1. The monoisotopic (exact) mass is 419 g/mol. The van der Waals surface area contributed by atoms with E-state index in [-0.39, 0.29) is 39.8 Å². The number of nitrogens with zero attached hydrogens (tertiary/aromatic N) is 4. The number of rotatable bonds is 5. The minimum atomic E-state index is -0.826. The van der Waals surface area contributed by atoms with E-state index in [1.807, 2.05) is 23.8 Å². The van der Waals surface area contributed by atoms with E-state index in [1.165, 1.54) is 12.1 Å². The molecule has 0 saturated heterocycles. The highest BCUT2D eigenvalue weighted by Crippen LogP contribution is 2.42. The number of hydrogen-bond acceptors (Lipinski definition) is 7. The Bertz CT molecular complexity index is 1270. The molecule has 0 radical (unpaired) electrons. The highest BCUT2D eigenvalue weighted by Gasteiger charge is 2.34. The molecule has 31 heavy (non-hydrogen) atoms. The average Bonchev–Trinajstić information content (AvgIpc) is 3.25. The molecule has 1 aliphatic heterocycles.